The van der Waals surface area contributed by atoms with Crippen molar-refractivity contribution in [3.05, 3.63) is 0 Å². The predicted molar refractivity (Wildman–Crippen MR) is 71.9 cm³/mol. The number of hydrogen-bond acceptors (Lipinski definition) is 5. The quantitative estimate of drug-likeness (QED) is 0.691. The van der Waals surface area contributed by atoms with Crippen LogP contribution in [0, 0.1) is 0 Å². The first kappa shape index (κ1) is 12.8. The summed E-state index contributed by atoms with van der Waals surface area (Å²) >= 11 is 0. The molecule has 1 unspecified atom stereocenters. The highest BCUT2D eigenvalue weighted by Gasteiger charge is 2.28. The Morgan fingerprint density at radius 1 is 0.944 bits per heavy atom. The van der Waals surface area contributed by atoms with Gasteiger partial charge in [0.25, 0.3) is 0 Å². The van der Waals surface area contributed by atoms with E-state index in [0.717, 1.165) is 32.3 Å². The molecule has 0 aliphatic carbocycles. The molecule has 0 aromatic carbocycles. The number of piperazine rings is 2. The highest BCUT2D eigenvalue weighted by atomic mass is 16.5. The highest BCUT2D eigenvalue weighted by molar-refractivity contribution is 4.87. The molecule has 104 valence electrons. The highest BCUT2D eigenvalue weighted by Crippen LogP contribution is 2.11. The third-order valence-corrected chi connectivity index (χ3v) is 4.48. The second-order valence-electron chi connectivity index (χ2n) is 5.65. The molecule has 3 rings (SSSR count). The SMILES string of the molecule is C1CN2CCN(CCN3CCOCC3)CC2CN1. The minimum absolute atomic E-state index is 0.747. The van der Waals surface area contributed by atoms with E-state index >= 15 is 0 Å². The lowest BCUT2D eigenvalue weighted by molar-refractivity contribution is 0.0209. The summed E-state index contributed by atoms with van der Waals surface area (Å²) in [5, 5.41) is 3.51. The van der Waals surface area contributed by atoms with E-state index in [9.17, 15) is 0 Å². The van der Waals surface area contributed by atoms with Crippen molar-refractivity contribution in [3.63, 3.8) is 0 Å². The van der Waals surface area contributed by atoms with E-state index in [1.807, 2.05) is 0 Å². The number of fused-ring (bicyclic) bond motifs is 1. The van der Waals surface area contributed by atoms with Crippen molar-refractivity contribution < 1.29 is 4.74 Å². The zero-order chi connectivity index (χ0) is 12.2. The van der Waals surface area contributed by atoms with Crippen LogP contribution in [-0.2, 0) is 4.74 Å². The number of rotatable bonds is 3. The Labute approximate surface area is 110 Å². The first-order valence-corrected chi connectivity index (χ1v) is 7.39. The van der Waals surface area contributed by atoms with Crippen LogP contribution in [0.3, 0.4) is 0 Å². The Morgan fingerprint density at radius 3 is 2.67 bits per heavy atom. The topological polar surface area (TPSA) is 31.0 Å². The van der Waals surface area contributed by atoms with E-state index in [4.69, 9.17) is 4.74 Å². The smallest absolute Gasteiger partial charge is 0.0594 e. The molecular weight excluding hydrogens is 228 g/mol. The van der Waals surface area contributed by atoms with E-state index < -0.39 is 0 Å². The average molecular weight is 254 g/mol. The van der Waals surface area contributed by atoms with Crippen molar-refractivity contribution in [2.45, 2.75) is 6.04 Å². The summed E-state index contributed by atoms with van der Waals surface area (Å²) in [6.07, 6.45) is 0. The fourth-order valence-electron chi connectivity index (χ4n) is 3.25. The molecule has 0 spiro atoms. The van der Waals surface area contributed by atoms with Crippen LogP contribution < -0.4 is 5.32 Å². The Hall–Kier alpha value is -0.200. The van der Waals surface area contributed by atoms with Crippen molar-refractivity contribution in [2.24, 2.45) is 0 Å². The van der Waals surface area contributed by atoms with Gasteiger partial charge in [-0.1, -0.05) is 0 Å². The summed E-state index contributed by atoms with van der Waals surface area (Å²) in [5.74, 6) is 0. The molecule has 0 saturated carbocycles. The fraction of sp³-hybridized carbons (Fsp3) is 1.00. The maximum absolute atomic E-state index is 5.39. The molecular formula is C13H26N4O. The number of nitrogens with one attached hydrogen (secondary N) is 1. The van der Waals surface area contributed by atoms with Crippen molar-refractivity contribution in [1.82, 2.24) is 20.0 Å². The summed E-state index contributed by atoms with van der Waals surface area (Å²) in [6, 6.07) is 0.747. The van der Waals surface area contributed by atoms with Crippen molar-refractivity contribution in [3.8, 4) is 0 Å². The number of hydrogen-bond donors (Lipinski definition) is 1. The van der Waals surface area contributed by atoms with Crippen molar-refractivity contribution in [1.29, 1.82) is 0 Å². The van der Waals surface area contributed by atoms with Crippen LogP contribution in [-0.4, -0.2) is 99.4 Å². The molecule has 3 saturated heterocycles. The molecule has 3 fully saturated rings. The number of morpholine rings is 1. The summed E-state index contributed by atoms with van der Waals surface area (Å²) in [5.41, 5.74) is 0. The van der Waals surface area contributed by atoms with Gasteiger partial charge in [-0.15, -0.1) is 0 Å². The minimum atomic E-state index is 0.747. The van der Waals surface area contributed by atoms with E-state index in [0.29, 0.717) is 0 Å². The van der Waals surface area contributed by atoms with Gasteiger partial charge in [-0.2, -0.15) is 0 Å². The van der Waals surface area contributed by atoms with Crippen LogP contribution in [0.2, 0.25) is 0 Å². The monoisotopic (exact) mass is 254 g/mol. The first-order chi connectivity index (χ1) is 8.92. The van der Waals surface area contributed by atoms with E-state index in [1.54, 1.807) is 0 Å². The molecule has 3 heterocycles. The Kier molecular flexibility index (Phi) is 4.49. The van der Waals surface area contributed by atoms with Gasteiger partial charge >= 0.3 is 0 Å². The van der Waals surface area contributed by atoms with Crippen LogP contribution in [0.1, 0.15) is 0 Å². The third kappa shape index (κ3) is 3.22. The molecule has 5 nitrogen and oxygen atoms in total. The molecule has 18 heavy (non-hydrogen) atoms. The van der Waals surface area contributed by atoms with Gasteiger partial charge in [-0.25, -0.2) is 0 Å². The summed E-state index contributed by atoms with van der Waals surface area (Å²) < 4.78 is 5.39. The normalized spacial score (nSPS) is 32.3. The summed E-state index contributed by atoms with van der Waals surface area (Å²) in [4.78, 5) is 7.83. The van der Waals surface area contributed by atoms with Crippen molar-refractivity contribution >= 4 is 0 Å². The molecule has 0 amide bonds. The maximum atomic E-state index is 5.39. The van der Waals surface area contributed by atoms with Crippen LogP contribution in [0.4, 0.5) is 0 Å². The molecule has 0 aromatic rings. The Morgan fingerprint density at radius 2 is 1.78 bits per heavy atom. The van der Waals surface area contributed by atoms with E-state index in [2.05, 4.69) is 20.0 Å². The second kappa shape index (κ2) is 6.30. The van der Waals surface area contributed by atoms with Crippen LogP contribution in [0.15, 0.2) is 0 Å². The first-order valence-electron chi connectivity index (χ1n) is 7.39. The van der Waals surface area contributed by atoms with Crippen molar-refractivity contribution in [2.75, 3.05) is 78.7 Å². The maximum Gasteiger partial charge on any atom is 0.0594 e. The summed E-state index contributed by atoms with van der Waals surface area (Å²) in [6.45, 7) is 13.8. The second-order valence-corrected chi connectivity index (χ2v) is 5.65. The summed E-state index contributed by atoms with van der Waals surface area (Å²) in [7, 11) is 0. The van der Waals surface area contributed by atoms with Gasteiger partial charge in [0.05, 0.1) is 13.2 Å². The Balaban J connectivity index is 1.40. The molecule has 0 aromatic heterocycles. The molecule has 1 N–H and O–H groups in total. The molecule has 3 aliphatic rings. The zero-order valence-corrected chi connectivity index (χ0v) is 11.3. The van der Waals surface area contributed by atoms with Gasteiger partial charge in [0.1, 0.15) is 0 Å². The third-order valence-electron chi connectivity index (χ3n) is 4.48. The van der Waals surface area contributed by atoms with E-state index in [1.165, 1.54) is 52.4 Å². The molecule has 1 atom stereocenters. The van der Waals surface area contributed by atoms with Crippen LogP contribution >= 0.6 is 0 Å². The minimum Gasteiger partial charge on any atom is -0.379 e. The van der Waals surface area contributed by atoms with E-state index in [-0.39, 0.29) is 0 Å². The lowest BCUT2D eigenvalue weighted by Crippen LogP contribution is -2.61. The lowest BCUT2D eigenvalue weighted by atomic mass is 10.1. The fourth-order valence-corrected chi connectivity index (χ4v) is 3.25. The van der Waals surface area contributed by atoms with Gasteiger partial charge in [-0.05, 0) is 0 Å². The van der Waals surface area contributed by atoms with Gasteiger partial charge in [-0.3, -0.25) is 14.7 Å². The molecule has 3 aliphatic heterocycles. The standard InChI is InChI=1S/C13H26N4O/c1-2-17-6-5-16(12-13(17)11-14-1)4-3-15-7-9-18-10-8-15/h13-14H,1-12H2. The van der Waals surface area contributed by atoms with Gasteiger partial charge in [0.2, 0.25) is 0 Å². The Bertz CT molecular complexity index is 257. The van der Waals surface area contributed by atoms with Crippen LogP contribution in [0.25, 0.3) is 0 Å². The predicted octanol–water partition coefficient (Wildman–Crippen LogP) is -1.09. The van der Waals surface area contributed by atoms with Gasteiger partial charge in [0, 0.05) is 71.5 Å². The lowest BCUT2D eigenvalue weighted by Gasteiger charge is -2.44. The number of ether oxygens (including phenoxy) is 1. The van der Waals surface area contributed by atoms with Gasteiger partial charge in [0.15, 0.2) is 0 Å². The molecule has 0 bridgehead atoms. The zero-order valence-electron chi connectivity index (χ0n) is 11.3. The van der Waals surface area contributed by atoms with Crippen LogP contribution in [0.5, 0.6) is 0 Å². The average Bonchev–Trinajstić information content (AvgIpc) is 2.46. The molecule has 5 heteroatoms. The molecule has 0 radical (unpaired) electrons. The number of nitrogens with zero attached hydrogens (tertiary/aromatic N) is 3. The van der Waals surface area contributed by atoms with Gasteiger partial charge < -0.3 is 10.1 Å². The largest absolute Gasteiger partial charge is 0.379 e.